The molecule has 1 aliphatic rings. The average Bonchev–Trinajstić information content (AvgIpc) is 1.78. The fraction of sp³-hybridized carbons (Fsp3) is 1.00. The Bertz CT molecular complexity index is 93.2. The quantitative estimate of drug-likeness (QED) is 0.477. The van der Waals surface area contributed by atoms with Gasteiger partial charge in [-0.15, -0.1) is 0 Å². The summed E-state index contributed by atoms with van der Waals surface area (Å²) in [5.41, 5.74) is 7.20. The van der Waals surface area contributed by atoms with Gasteiger partial charge in [0.2, 0.25) is 0 Å². The van der Waals surface area contributed by atoms with E-state index in [0.29, 0.717) is 13.2 Å². The number of rotatable bonds is 0. The summed E-state index contributed by atoms with van der Waals surface area (Å²) in [6.45, 7) is 4.71. The number of hydrogen-bond donors (Lipinski definition) is 0. The van der Waals surface area contributed by atoms with Gasteiger partial charge in [-0.25, -0.2) is 5.73 Å². The van der Waals surface area contributed by atoms with Crippen molar-refractivity contribution in [3.63, 3.8) is 0 Å². The monoisotopic (exact) mass is 130 g/mol. The summed E-state index contributed by atoms with van der Waals surface area (Å²) in [6.07, 6.45) is 0. The lowest BCUT2D eigenvalue weighted by molar-refractivity contribution is -0.250. The van der Waals surface area contributed by atoms with Crippen molar-refractivity contribution < 1.29 is 9.47 Å². The molecule has 1 rings (SSSR count). The van der Waals surface area contributed by atoms with E-state index in [1.165, 1.54) is 0 Å². The van der Waals surface area contributed by atoms with Crippen LogP contribution >= 0.6 is 0 Å². The molecular formula is C6H12NO2. The molecule has 0 aromatic rings. The molecule has 1 radical (unpaired) electrons. The highest BCUT2D eigenvalue weighted by molar-refractivity contribution is 4.67. The zero-order valence-electron chi connectivity index (χ0n) is 5.81. The minimum absolute atomic E-state index is 0.196. The fourth-order valence-electron chi connectivity index (χ4n) is 0.692. The van der Waals surface area contributed by atoms with Crippen molar-refractivity contribution in [1.29, 1.82) is 0 Å². The van der Waals surface area contributed by atoms with Crippen LogP contribution in [0.2, 0.25) is 0 Å². The molecule has 0 saturated carbocycles. The Hall–Kier alpha value is -0.120. The highest BCUT2D eigenvalue weighted by atomic mass is 16.7. The minimum Gasteiger partial charge on any atom is -0.349 e. The lowest BCUT2D eigenvalue weighted by Crippen LogP contribution is -2.42. The van der Waals surface area contributed by atoms with Gasteiger partial charge in [-0.05, 0) is 13.8 Å². The van der Waals surface area contributed by atoms with Gasteiger partial charge in [-0.2, -0.15) is 0 Å². The van der Waals surface area contributed by atoms with Crippen molar-refractivity contribution in [3.8, 4) is 0 Å². The highest BCUT2D eigenvalue weighted by Gasteiger charge is 2.26. The van der Waals surface area contributed by atoms with E-state index < -0.39 is 5.79 Å². The van der Waals surface area contributed by atoms with Crippen LogP contribution in [0, 0.1) is 0 Å². The van der Waals surface area contributed by atoms with Crippen molar-refractivity contribution in [1.82, 2.24) is 5.73 Å². The van der Waals surface area contributed by atoms with E-state index in [0.717, 1.165) is 0 Å². The predicted molar refractivity (Wildman–Crippen MR) is 32.9 cm³/mol. The van der Waals surface area contributed by atoms with E-state index in [-0.39, 0.29) is 6.04 Å². The third kappa shape index (κ3) is 1.93. The van der Waals surface area contributed by atoms with Crippen molar-refractivity contribution in [2.75, 3.05) is 13.2 Å². The Balaban J connectivity index is 2.35. The van der Waals surface area contributed by atoms with Crippen LogP contribution in [-0.4, -0.2) is 25.0 Å². The molecule has 0 spiro atoms. The SMILES string of the molecule is CC1(C)OCC([NH])CO1. The number of hydrogen-bond acceptors (Lipinski definition) is 2. The molecule has 1 fully saturated rings. The van der Waals surface area contributed by atoms with E-state index >= 15 is 0 Å². The van der Waals surface area contributed by atoms with Gasteiger partial charge in [-0.1, -0.05) is 0 Å². The zero-order valence-corrected chi connectivity index (χ0v) is 5.81. The van der Waals surface area contributed by atoms with E-state index in [9.17, 15) is 0 Å². The molecule has 1 saturated heterocycles. The topological polar surface area (TPSA) is 42.3 Å². The maximum absolute atomic E-state index is 7.20. The summed E-state index contributed by atoms with van der Waals surface area (Å²) in [5.74, 6) is -0.461. The lowest BCUT2D eigenvalue weighted by Gasteiger charge is -2.32. The molecule has 0 aromatic heterocycles. The van der Waals surface area contributed by atoms with Gasteiger partial charge >= 0.3 is 0 Å². The normalized spacial score (nSPS) is 28.3. The van der Waals surface area contributed by atoms with Crippen LogP contribution in [0.25, 0.3) is 0 Å². The van der Waals surface area contributed by atoms with Crippen LogP contribution in [0.5, 0.6) is 0 Å². The Kier molecular flexibility index (Phi) is 1.75. The Morgan fingerprint density at radius 1 is 1.33 bits per heavy atom. The van der Waals surface area contributed by atoms with Gasteiger partial charge in [0.15, 0.2) is 5.79 Å². The number of ether oxygens (including phenoxy) is 2. The molecule has 0 bridgehead atoms. The summed E-state index contributed by atoms with van der Waals surface area (Å²) in [5, 5.41) is 0. The van der Waals surface area contributed by atoms with Gasteiger partial charge in [0.1, 0.15) is 0 Å². The van der Waals surface area contributed by atoms with Gasteiger partial charge in [0.25, 0.3) is 0 Å². The van der Waals surface area contributed by atoms with E-state index in [2.05, 4.69) is 0 Å². The molecule has 9 heavy (non-hydrogen) atoms. The molecular weight excluding hydrogens is 118 g/mol. The van der Waals surface area contributed by atoms with Crippen LogP contribution in [0.15, 0.2) is 0 Å². The van der Waals surface area contributed by atoms with Crippen LogP contribution in [-0.2, 0) is 9.47 Å². The first-order valence-corrected chi connectivity index (χ1v) is 3.09. The molecule has 0 aromatic carbocycles. The maximum atomic E-state index is 7.20. The minimum atomic E-state index is -0.461. The third-order valence-electron chi connectivity index (χ3n) is 1.26. The maximum Gasteiger partial charge on any atom is 0.162 e. The van der Waals surface area contributed by atoms with Gasteiger partial charge < -0.3 is 9.47 Å². The summed E-state index contributed by atoms with van der Waals surface area (Å²) >= 11 is 0. The van der Waals surface area contributed by atoms with Crippen LogP contribution < -0.4 is 5.73 Å². The first-order valence-electron chi connectivity index (χ1n) is 3.09. The van der Waals surface area contributed by atoms with E-state index in [4.69, 9.17) is 15.2 Å². The van der Waals surface area contributed by atoms with Crippen LogP contribution in [0.1, 0.15) is 13.8 Å². The Morgan fingerprint density at radius 3 is 2.11 bits per heavy atom. The zero-order chi connectivity index (χ0) is 6.91. The summed E-state index contributed by atoms with van der Waals surface area (Å²) in [6, 6.07) is -0.196. The Labute approximate surface area is 55.1 Å². The van der Waals surface area contributed by atoms with E-state index in [1.54, 1.807) is 0 Å². The fourth-order valence-corrected chi connectivity index (χ4v) is 0.692. The molecule has 0 amide bonds. The predicted octanol–water partition coefficient (Wildman–Crippen LogP) is 0.421. The molecule has 0 aliphatic carbocycles. The molecule has 1 aliphatic heterocycles. The highest BCUT2D eigenvalue weighted by Crippen LogP contribution is 2.15. The van der Waals surface area contributed by atoms with Gasteiger partial charge in [0.05, 0.1) is 19.3 Å². The smallest absolute Gasteiger partial charge is 0.162 e. The molecule has 1 heterocycles. The van der Waals surface area contributed by atoms with Crippen LogP contribution in [0.3, 0.4) is 0 Å². The Morgan fingerprint density at radius 2 is 1.78 bits per heavy atom. The molecule has 0 unspecified atom stereocenters. The number of nitrogens with one attached hydrogen (secondary N) is 1. The molecule has 0 atom stereocenters. The largest absolute Gasteiger partial charge is 0.349 e. The average molecular weight is 130 g/mol. The van der Waals surface area contributed by atoms with Crippen LogP contribution in [0.4, 0.5) is 0 Å². The van der Waals surface area contributed by atoms with Crippen molar-refractivity contribution in [2.24, 2.45) is 0 Å². The first kappa shape index (κ1) is 6.99. The molecule has 3 heteroatoms. The first-order chi connectivity index (χ1) is 4.10. The second-order valence-electron chi connectivity index (χ2n) is 2.72. The van der Waals surface area contributed by atoms with Gasteiger partial charge in [-0.3, -0.25) is 0 Å². The van der Waals surface area contributed by atoms with Gasteiger partial charge in [0, 0.05) is 0 Å². The lowest BCUT2D eigenvalue weighted by atomic mass is 10.3. The molecule has 53 valence electrons. The second kappa shape index (κ2) is 2.25. The summed E-state index contributed by atoms with van der Waals surface area (Å²) in [4.78, 5) is 0. The third-order valence-corrected chi connectivity index (χ3v) is 1.26. The summed E-state index contributed by atoms with van der Waals surface area (Å²) < 4.78 is 10.3. The second-order valence-corrected chi connectivity index (χ2v) is 2.72. The summed E-state index contributed by atoms with van der Waals surface area (Å²) in [7, 11) is 0. The molecule has 1 N–H and O–H groups in total. The standard InChI is InChI=1S/C6H12NO2/c1-6(2)8-3-5(7)4-9-6/h5,7H,3-4H2,1-2H3. The van der Waals surface area contributed by atoms with Crippen molar-refractivity contribution in [3.05, 3.63) is 0 Å². The van der Waals surface area contributed by atoms with Crippen molar-refractivity contribution in [2.45, 2.75) is 25.7 Å². The molecule has 3 nitrogen and oxygen atoms in total. The van der Waals surface area contributed by atoms with E-state index in [1.807, 2.05) is 13.8 Å². The van der Waals surface area contributed by atoms with Crippen molar-refractivity contribution >= 4 is 0 Å².